The average Bonchev–Trinajstić information content (AvgIpc) is 2.93. The maximum absolute atomic E-state index is 11.9. The molecular weight excluding hydrogens is 324 g/mol. The van der Waals surface area contributed by atoms with Gasteiger partial charge in [-0.05, 0) is 38.3 Å². The molecule has 8 heteroatoms. The summed E-state index contributed by atoms with van der Waals surface area (Å²) in [6.45, 7) is 3.02. The van der Waals surface area contributed by atoms with E-state index in [4.69, 9.17) is 4.74 Å². The van der Waals surface area contributed by atoms with Crippen molar-refractivity contribution in [2.75, 3.05) is 25.4 Å². The minimum absolute atomic E-state index is 0.0350. The van der Waals surface area contributed by atoms with E-state index in [1.807, 2.05) is 13.0 Å². The minimum Gasteiger partial charge on any atom is -0.377 e. The third kappa shape index (κ3) is 5.68. The monoisotopic (exact) mass is 346 g/mol. The summed E-state index contributed by atoms with van der Waals surface area (Å²) >= 11 is 1.39. The van der Waals surface area contributed by atoms with Crippen molar-refractivity contribution in [1.29, 1.82) is 0 Å². The van der Waals surface area contributed by atoms with Gasteiger partial charge >= 0.3 is 0 Å². The van der Waals surface area contributed by atoms with Crippen LogP contribution in [0.2, 0.25) is 0 Å². The predicted molar refractivity (Wildman–Crippen MR) is 86.8 cm³/mol. The molecule has 0 radical (unpaired) electrons. The van der Waals surface area contributed by atoms with Gasteiger partial charge in [0.05, 0.1) is 16.7 Å². The van der Waals surface area contributed by atoms with Crippen molar-refractivity contribution in [1.82, 2.24) is 10.0 Å². The number of carbonyl (C=O) groups excluding carboxylic acids is 1. The molecule has 1 amide bonds. The van der Waals surface area contributed by atoms with E-state index in [1.165, 1.54) is 11.3 Å². The summed E-state index contributed by atoms with van der Waals surface area (Å²) in [4.78, 5) is 13.5. The lowest BCUT2D eigenvalue weighted by Crippen LogP contribution is -2.39. The van der Waals surface area contributed by atoms with E-state index in [0.717, 1.165) is 24.1 Å². The second-order valence-electron chi connectivity index (χ2n) is 5.32. The van der Waals surface area contributed by atoms with Crippen LogP contribution in [0.4, 0.5) is 0 Å². The van der Waals surface area contributed by atoms with Gasteiger partial charge in [-0.1, -0.05) is 0 Å². The number of hydrogen-bond donors (Lipinski definition) is 2. The first kappa shape index (κ1) is 17.4. The molecule has 1 saturated heterocycles. The molecule has 0 bridgehead atoms. The molecule has 2 rings (SSSR count). The van der Waals surface area contributed by atoms with E-state index < -0.39 is 10.0 Å². The fraction of sp³-hybridized carbons (Fsp3) is 0.643. The Morgan fingerprint density at radius 3 is 2.86 bits per heavy atom. The van der Waals surface area contributed by atoms with Crippen LogP contribution in [-0.2, 0) is 14.8 Å². The Morgan fingerprint density at radius 1 is 1.41 bits per heavy atom. The van der Waals surface area contributed by atoms with Gasteiger partial charge in [0.2, 0.25) is 10.0 Å². The first-order valence-electron chi connectivity index (χ1n) is 7.40. The molecule has 0 aromatic carbocycles. The van der Waals surface area contributed by atoms with Crippen molar-refractivity contribution in [3.63, 3.8) is 0 Å². The topological polar surface area (TPSA) is 84.5 Å². The number of ether oxygens (including phenoxy) is 1. The van der Waals surface area contributed by atoms with Crippen LogP contribution in [0, 0.1) is 6.92 Å². The molecule has 0 unspecified atom stereocenters. The first-order valence-corrected chi connectivity index (χ1v) is 9.87. The van der Waals surface area contributed by atoms with Crippen LogP contribution >= 0.6 is 11.3 Å². The summed E-state index contributed by atoms with van der Waals surface area (Å²) in [6.07, 6.45) is 2.96. The highest BCUT2D eigenvalue weighted by Crippen LogP contribution is 2.14. The zero-order valence-corrected chi connectivity index (χ0v) is 14.3. The molecule has 0 aliphatic carbocycles. The van der Waals surface area contributed by atoms with Gasteiger partial charge in [0.15, 0.2) is 0 Å². The quantitative estimate of drug-likeness (QED) is 0.779. The van der Waals surface area contributed by atoms with Crippen molar-refractivity contribution in [2.24, 2.45) is 0 Å². The van der Waals surface area contributed by atoms with E-state index in [2.05, 4.69) is 10.0 Å². The highest BCUT2D eigenvalue weighted by atomic mass is 32.2. The van der Waals surface area contributed by atoms with Gasteiger partial charge in [-0.3, -0.25) is 4.79 Å². The van der Waals surface area contributed by atoms with E-state index in [0.29, 0.717) is 18.0 Å². The Balaban J connectivity index is 1.69. The predicted octanol–water partition coefficient (Wildman–Crippen LogP) is 1.27. The molecule has 6 nitrogen and oxygen atoms in total. The minimum atomic E-state index is -3.39. The molecule has 1 atom stereocenters. The van der Waals surface area contributed by atoms with Gasteiger partial charge in [0.25, 0.3) is 5.91 Å². The highest BCUT2D eigenvalue weighted by molar-refractivity contribution is 7.89. The number of amides is 1. The van der Waals surface area contributed by atoms with Crippen molar-refractivity contribution < 1.29 is 17.9 Å². The molecule has 2 heterocycles. The summed E-state index contributed by atoms with van der Waals surface area (Å²) in [5.41, 5.74) is 0. The third-order valence-corrected chi connectivity index (χ3v) is 5.77. The SMILES string of the molecule is Cc1ccc(C(=O)NCCS(=O)(=O)NC[C@H]2CCCCO2)s1. The largest absolute Gasteiger partial charge is 0.377 e. The number of sulfonamides is 1. The first-order chi connectivity index (χ1) is 10.5. The normalized spacial score (nSPS) is 19.0. The molecule has 1 aromatic rings. The number of carbonyl (C=O) groups is 1. The van der Waals surface area contributed by atoms with Crippen LogP contribution in [0.1, 0.15) is 33.8 Å². The second kappa shape index (κ2) is 8.05. The van der Waals surface area contributed by atoms with E-state index in [9.17, 15) is 13.2 Å². The van der Waals surface area contributed by atoms with Crippen molar-refractivity contribution in [3.8, 4) is 0 Å². The molecule has 1 aromatic heterocycles. The summed E-state index contributed by atoms with van der Waals surface area (Å²) in [5, 5.41) is 2.63. The zero-order valence-electron chi connectivity index (χ0n) is 12.6. The highest BCUT2D eigenvalue weighted by Gasteiger charge is 2.18. The molecule has 124 valence electrons. The third-order valence-electron chi connectivity index (χ3n) is 3.43. The number of rotatable bonds is 7. The Bertz CT molecular complexity index is 592. The Morgan fingerprint density at radius 2 is 2.23 bits per heavy atom. The molecule has 22 heavy (non-hydrogen) atoms. The summed E-state index contributed by atoms with van der Waals surface area (Å²) in [7, 11) is -3.39. The van der Waals surface area contributed by atoms with Gasteiger partial charge in [-0.25, -0.2) is 13.1 Å². The van der Waals surface area contributed by atoms with Gasteiger partial charge in [0, 0.05) is 24.6 Å². The molecule has 0 spiro atoms. The zero-order chi connectivity index (χ0) is 16.0. The molecule has 0 saturated carbocycles. The summed E-state index contributed by atoms with van der Waals surface area (Å²) < 4.78 is 31.8. The number of nitrogens with one attached hydrogen (secondary N) is 2. The maximum atomic E-state index is 11.9. The van der Waals surface area contributed by atoms with Crippen LogP contribution in [0.3, 0.4) is 0 Å². The fourth-order valence-electron chi connectivity index (χ4n) is 2.20. The molecule has 1 aliphatic rings. The molecule has 2 N–H and O–H groups in total. The van der Waals surface area contributed by atoms with Gasteiger partial charge < -0.3 is 10.1 Å². The number of thiophene rings is 1. The average molecular weight is 346 g/mol. The lowest BCUT2D eigenvalue weighted by molar-refractivity contribution is 0.0200. The van der Waals surface area contributed by atoms with Gasteiger partial charge in [-0.15, -0.1) is 11.3 Å². The van der Waals surface area contributed by atoms with Gasteiger partial charge in [0.1, 0.15) is 0 Å². The number of hydrogen-bond acceptors (Lipinski definition) is 5. The van der Waals surface area contributed by atoms with Crippen LogP contribution < -0.4 is 10.0 Å². The maximum Gasteiger partial charge on any atom is 0.261 e. The summed E-state index contributed by atoms with van der Waals surface area (Å²) in [5.74, 6) is -0.362. The van der Waals surface area contributed by atoms with Crippen LogP contribution in [0.5, 0.6) is 0 Å². The van der Waals surface area contributed by atoms with Crippen LogP contribution in [-0.4, -0.2) is 45.9 Å². The van der Waals surface area contributed by atoms with E-state index in [1.54, 1.807) is 6.07 Å². The Hall–Kier alpha value is -0.960. The van der Waals surface area contributed by atoms with E-state index >= 15 is 0 Å². The van der Waals surface area contributed by atoms with E-state index in [-0.39, 0.29) is 24.3 Å². The Kier molecular flexibility index (Phi) is 6.37. The molecule has 1 fully saturated rings. The lowest BCUT2D eigenvalue weighted by atomic mass is 10.1. The standard InChI is InChI=1S/C14H22N2O4S2/c1-11-5-6-13(21-11)14(17)15-7-9-22(18,19)16-10-12-4-2-3-8-20-12/h5-6,12,16H,2-4,7-10H2,1H3,(H,15,17)/t12-/m1/s1. The van der Waals surface area contributed by atoms with Crippen molar-refractivity contribution >= 4 is 27.3 Å². The smallest absolute Gasteiger partial charge is 0.261 e. The summed E-state index contributed by atoms with van der Waals surface area (Å²) in [6, 6.07) is 3.60. The Labute approximate surface area is 135 Å². The van der Waals surface area contributed by atoms with Crippen molar-refractivity contribution in [3.05, 3.63) is 21.9 Å². The molecule has 1 aliphatic heterocycles. The van der Waals surface area contributed by atoms with Crippen molar-refractivity contribution in [2.45, 2.75) is 32.3 Å². The lowest BCUT2D eigenvalue weighted by Gasteiger charge is -2.22. The fourth-order valence-corrected chi connectivity index (χ4v) is 3.94. The molecular formula is C14H22N2O4S2. The second-order valence-corrected chi connectivity index (χ2v) is 8.54. The number of aryl methyl sites for hydroxylation is 1. The van der Waals surface area contributed by atoms with Gasteiger partial charge in [-0.2, -0.15) is 0 Å². The van der Waals surface area contributed by atoms with Crippen LogP contribution in [0.25, 0.3) is 0 Å². The van der Waals surface area contributed by atoms with Crippen LogP contribution in [0.15, 0.2) is 12.1 Å².